The molecule has 0 radical (unpaired) electrons. The van der Waals surface area contributed by atoms with Crippen LogP contribution in [-0.2, 0) is 13.1 Å². The van der Waals surface area contributed by atoms with Crippen molar-refractivity contribution in [1.29, 1.82) is 0 Å². The van der Waals surface area contributed by atoms with Crippen molar-refractivity contribution in [3.8, 4) is 11.5 Å². The second kappa shape index (κ2) is 8.52. The van der Waals surface area contributed by atoms with E-state index in [-0.39, 0.29) is 12.8 Å². The van der Waals surface area contributed by atoms with Crippen LogP contribution in [0.25, 0.3) is 0 Å². The van der Waals surface area contributed by atoms with Crippen molar-refractivity contribution < 1.29 is 14.3 Å². The first kappa shape index (κ1) is 18.6. The van der Waals surface area contributed by atoms with E-state index < -0.39 is 0 Å². The van der Waals surface area contributed by atoms with Crippen LogP contribution in [0.3, 0.4) is 0 Å². The van der Waals surface area contributed by atoms with Crippen LogP contribution in [-0.4, -0.2) is 49.3 Å². The molecule has 2 amide bonds. The van der Waals surface area contributed by atoms with Crippen LogP contribution >= 0.6 is 0 Å². The summed E-state index contributed by atoms with van der Waals surface area (Å²) in [7, 11) is 1.82. The van der Waals surface area contributed by atoms with Crippen molar-refractivity contribution in [3.63, 3.8) is 0 Å². The Morgan fingerprint density at radius 3 is 2.82 bits per heavy atom. The Balaban J connectivity index is 1.21. The van der Waals surface area contributed by atoms with Crippen LogP contribution in [0.5, 0.6) is 11.5 Å². The molecule has 4 rings (SSSR count). The van der Waals surface area contributed by atoms with E-state index in [1.807, 2.05) is 31.3 Å². The number of benzene rings is 2. The molecule has 2 heterocycles. The fraction of sp³-hybridized carbons (Fsp3) is 0.409. The van der Waals surface area contributed by atoms with Gasteiger partial charge in [0, 0.05) is 33.2 Å². The smallest absolute Gasteiger partial charge is 0.317 e. The van der Waals surface area contributed by atoms with Crippen molar-refractivity contribution in [2.45, 2.75) is 19.5 Å². The number of urea groups is 1. The first-order valence-electron chi connectivity index (χ1n) is 9.81. The Morgan fingerprint density at radius 2 is 1.96 bits per heavy atom. The van der Waals surface area contributed by atoms with Gasteiger partial charge in [0.25, 0.3) is 0 Å². The van der Waals surface area contributed by atoms with Gasteiger partial charge in [-0.1, -0.05) is 36.4 Å². The second-order valence-corrected chi connectivity index (χ2v) is 7.61. The monoisotopic (exact) mass is 381 g/mol. The molecule has 6 nitrogen and oxygen atoms in total. The molecule has 0 spiro atoms. The lowest BCUT2D eigenvalue weighted by Crippen LogP contribution is -2.39. The predicted octanol–water partition coefficient (Wildman–Crippen LogP) is 3.08. The van der Waals surface area contributed by atoms with Gasteiger partial charge in [0.1, 0.15) is 0 Å². The Hall–Kier alpha value is -2.73. The summed E-state index contributed by atoms with van der Waals surface area (Å²) in [5, 5.41) is 3.09. The van der Waals surface area contributed by atoms with E-state index >= 15 is 0 Å². The molecular weight excluding hydrogens is 354 g/mol. The standard InChI is InChI=1S/C22H27N3O3/c1-24(13-18-7-8-20-21(11-18)28-16-27-20)22(26)23-12-19-9-10-25(15-19)14-17-5-3-2-4-6-17/h2-8,11,19H,9-10,12-16H2,1H3,(H,23,26). The van der Waals surface area contributed by atoms with Gasteiger partial charge >= 0.3 is 6.03 Å². The first-order valence-corrected chi connectivity index (χ1v) is 9.81. The van der Waals surface area contributed by atoms with Gasteiger partial charge in [-0.25, -0.2) is 4.79 Å². The summed E-state index contributed by atoms with van der Waals surface area (Å²) in [5.74, 6) is 2.01. The van der Waals surface area contributed by atoms with Crippen LogP contribution in [0.15, 0.2) is 48.5 Å². The molecule has 1 fully saturated rings. The quantitative estimate of drug-likeness (QED) is 0.836. The molecule has 1 atom stereocenters. The van der Waals surface area contributed by atoms with E-state index in [2.05, 4.69) is 34.5 Å². The van der Waals surface area contributed by atoms with Crippen LogP contribution in [0.4, 0.5) is 4.79 Å². The van der Waals surface area contributed by atoms with Crippen LogP contribution in [0.1, 0.15) is 17.5 Å². The number of rotatable bonds is 6. The number of amides is 2. The maximum atomic E-state index is 12.5. The van der Waals surface area contributed by atoms with Crippen molar-refractivity contribution in [1.82, 2.24) is 15.1 Å². The van der Waals surface area contributed by atoms with Crippen LogP contribution < -0.4 is 14.8 Å². The van der Waals surface area contributed by atoms with Crippen molar-refractivity contribution in [2.24, 2.45) is 5.92 Å². The average Bonchev–Trinajstić information content (AvgIpc) is 3.35. The van der Waals surface area contributed by atoms with Gasteiger partial charge in [0.2, 0.25) is 6.79 Å². The number of hydrogen-bond donors (Lipinski definition) is 1. The molecule has 2 aromatic carbocycles. The number of carbonyl (C=O) groups is 1. The number of ether oxygens (including phenoxy) is 2. The van der Waals surface area contributed by atoms with Gasteiger partial charge in [-0.05, 0) is 42.1 Å². The van der Waals surface area contributed by atoms with Crippen LogP contribution in [0, 0.1) is 5.92 Å². The summed E-state index contributed by atoms with van der Waals surface area (Å²) in [6, 6.07) is 16.3. The SMILES string of the molecule is CN(Cc1ccc2c(c1)OCO2)C(=O)NCC1CCN(Cc2ccccc2)C1. The molecule has 1 N–H and O–H groups in total. The van der Waals surface area contributed by atoms with Gasteiger partial charge in [-0.3, -0.25) is 4.90 Å². The highest BCUT2D eigenvalue weighted by atomic mass is 16.7. The maximum Gasteiger partial charge on any atom is 0.317 e. The zero-order chi connectivity index (χ0) is 19.3. The molecule has 0 bridgehead atoms. The molecule has 148 valence electrons. The van der Waals surface area contributed by atoms with Crippen molar-refractivity contribution >= 4 is 6.03 Å². The lowest BCUT2D eigenvalue weighted by molar-refractivity contribution is 0.174. The third-order valence-electron chi connectivity index (χ3n) is 5.36. The molecule has 0 saturated carbocycles. The fourth-order valence-electron chi connectivity index (χ4n) is 3.82. The molecule has 0 aliphatic carbocycles. The summed E-state index contributed by atoms with van der Waals surface area (Å²) in [4.78, 5) is 16.6. The normalized spacial score (nSPS) is 18.2. The number of carbonyl (C=O) groups excluding carboxylic acids is 1. The summed E-state index contributed by atoms with van der Waals surface area (Å²) in [6.45, 7) is 4.61. The largest absolute Gasteiger partial charge is 0.454 e. The Bertz CT molecular complexity index is 812. The summed E-state index contributed by atoms with van der Waals surface area (Å²) in [5.41, 5.74) is 2.37. The molecule has 2 aliphatic heterocycles. The maximum absolute atomic E-state index is 12.5. The minimum Gasteiger partial charge on any atom is -0.454 e. The van der Waals surface area contributed by atoms with E-state index in [1.165, 1.54) is 5.56 Å². The Labute approximate surface area is 166 Å². The van der Waals surface area contributed by atoms with Gasteiger partial charge < -0.3 is 19.7 Å². The first-order chi connectivity index (χ1) is 13.7. The van der Waals surface area contributed by atoms with Gasteiger partial charge in [0.05, 0.1) is 0 Å². The Kier molecular flexibility index (Phi) is 5.67. The molecule has 6 heteroatoms. The molecular formula is C22H27N3O3. The van der Waals surface area contributed by atoms with E-state index in [0.29, 0.717) is 12.5 Å². The van der Waals surface area contributed by atoms with Gasteiger partial charge in [-0.15, -0.1) is 0 Å². The third-order valence-corrected chi connectivity index (χ3v) is 5.36. The molecule has 2 aliphatic rings. The number of nitrogens with one attached hydrogen (secondary N) is 1. The number of likely N-dealkylation sites (tertiary alicyclic amines) is 1. The molecule has 1 unspecified atom stereocenters. The predicted molar refractivity (Wildman–Crippen MR) is 107 cm³/mol. The van der Waals surface area contributed by atoms with E-state index in [9.17, 15) is 4.79 Å². The lowest BCUT2D eigenvalue weighted by atomic mass is 10.1. The number of nitrogens with zero attached hydrogens (tertiary/aromatic N) is 2. The zero-order valence-corrected chi connectivity index (χ0v) is 16.3. The average molecular weight is 381 g/mol. The minimum absolute atomic E-state index is 0.0424. The third kappa shape index (κ3) is 4.57. The van der Waals surface area contributed by atoms with E-state index in [1.54, 1.807) is 4.90 Å². The highest BCUT2D eigenvalue weighted by molar-refractivity contribution is 5.73. The van der Waals surface area contributed by atoms with E-state index in [4.69, 9.17) is 9.47 Å². The molecule has 0 aromatic heterocycles. The van der Waals surface area contributed by atoms with Crippen molar-refractivity contribution in [3.05, 3.63) is 59.7 Å². The summed E-state index contributed by atoms with van der Waals surface area (Å²) < 4.78 is 10.7. The van der Waals surface area contributed by atoms with E-state index in [0.717, 1.165) is 49.7 Å². The highest BCUT2D eigenvalue weighted by Gasteiger charge is 2.23. The van der Waals surface area contributed by atoms with Gasteiger partial charge in [0.15, 0.2) is 11.5 Å². The fourth-order valence-corrected chi connectivity index (χ4v) is 3.82. The summed E-state index contributed by atoms with van der Waals surface area (Å²) in [6.07, 6.45) is 1.12. The molecule has 1 saturated heterocycles. The van der Waals surface area contributed by atoms with Crippen molar-refractivity contribution in [2.75, 3.05) is 33.5 Å². The zero-order valence-electron chi connectivity index (χ0n) is 16.3. The topological polar surface area (TPSA) is 54.0 Å². The Morgan fingerprint density at radius 1 is 1.14 bits per heavy atom. The second-order valence-electron chi connectivity index (χ2n) is 7.61. The number of fused-ring (bicyclic) bond motifs is 1. The molecule has 2 aromatic rings. The van der Waals surface area contributed by atoms with Crippen LogP contribution in [0.2, 0.25) is 0 Å². The minimum atomic E-state index is -0.0424. The highest BCUT2D eigenvalue weighted by Crippen LogP contribution is 2.32. The number of hydrogen-bond acceptors (Lipinski definition) is 4. The van der Waals surface area contributed by atoms with Gasteiger partial charge in [-0.2, -0.15) is 0 Å². The molecule has 28 heavy (non-hydrogen) atoms. The summed E-state index contributed by atoms with van der Waals surface area (Å²) >= 11 is 0. The lowest BCUT2D eigenvalue weighted by Gasteiger charge is -2.20.